The van der Waals surface area contributed by atoms with Gasteiger partial charge in [0.1, 0.15) is 10.1 Å². The SMILES string of the molecule is O=C(O)CCCCCN1C(=O)/C(=C/c2cccc(-c3ccc4c(c3)CCO4)n2)SC1=S. The van der Waals surface area contributed by atoms with E-state index in [2.05, 4.69) is 6.07 Å². The summed E-state index contributed by atoms with van der Waals surface area (Å²) in [6.45, 7) is 1.22. The van der Waals surface area contributed by atoms with Crippen molar-refractivity contribution in [3.63, 3.8) is 0 Å². The standard InChI is InChI=1S/C23H22N2O4S2/c26-21(27)7-2-1-3-11-25-22(28)20(31-23(25)30)14-17-5-4-6-18(24-17)15-8-9-19-16(13-15)10-12-29-19/h4-6,8-9,13-14H,1-3,7,10-12H2,(H,26,27)/b20-14-. The van der Waals surface area contributed by atoms with Crippen LogP contribution >= 0.6 is 24.0 Å². The van der Waals surface area contributed by atoms with Crippen molar-refractivity contribution in [3.8, 4) is 17.0 Å². The Kier molecular flexibility index (Phi) is 6.67. The van der Waals surface area contributed by atoms with E-state index in [0.29, 0.717) is 34.5 Å². The highest BCUT2D eigenvalue weighted by molar-refractivity contribution is 8.26. The zero-order chi connectivity index (χ0) is 21.8. The van der Waals surface area contributed by atoms with E-state index in [4.69, 9.17) is 27.0 Å². The molecule has 0 spiro atoms. The molecule has 0 radical (unpaired) electrons. The molecule has 0 bridgehead atoms. The third-order valence-electron chi connectivity index (χ3n) is 5.18. The first-order chi connectivity index (χ1) is 15.0. The molecule has 0 unspecified atom stereocenters. The van der Waals surface area contributed by atoms with Gasteiger partial charge in [-0.15, -0.1) is 0 Å². The number of aromatic nitrogens is 1. The van der Waals surface area contributed by atoms with Crippen molar-refractivity contribution in [2.75, 3.05) is 13.2 Å². The predicted molar refractivity (Wildman–Crippen MR) is 125 cm³/mol. The molecule has 1 N–H and O–H groups in total. The number of thiocarbonyl (C=S) groups is 1. The number of carboxylic acid groups (broad SMARTS) is 1. The number of carbonyl (C=O) groups excluding carboxylic acids is 1. The second-order valence-electron chi connectivity index (χ2n) is 7.41. The highest BCUT2D eigenvalue weighted by atomic mass is 32.2. The number of hydrogen-bond acceptors (Lipinski definition) is 6. The van der Waals surface area contributed by atoms with Gasteiger partial charge in [-0.3, -0.25) is 14.5 Å². The normalized spacial score (nSPS) is 16.6. The lowest BCUT2D eigenvalue weighted by molar-refractivity contribution is -0.137. The molecule has 1 fully saturated rings. The number of unbranched alkanes of at least 4 members (excludes halogenated alkanes) is 2. The number of thioether (sulfide) groups is 1. The summed E-state index contributed by atoms with van der Waals surface area (Å²) in [6.07, 6.45) is 4.91. The number of aliphatic carboxylic acids is 1. The first kappa shape index (κ1) is 21.5. The third kappa shape index (κ3) is 5.14. The van der Waals surface area contributed by atoms with Crippen LogP contribution in [-0.2, 0) is 16.0 Å². The monoisotopic (exact) mass is 454 g/mol. The van der Waals surface area contributed by atoms with Crippen molar-refractivity contribution < 1.29 is 19.4 Å². The lowest BCUT2D eigenvalue weighted by atomic mass is 10.1. The highest BCUT2D eigenvalue weighted by Gasteiger charge is 2.31. The minimum atomic E-state index is -0.795. The van der Waals surface area contributed by atoms with Crippen molar-refractivity contribution in [1.82, 2.24) is 9.88 Å². The van der Waals surface area contributed by atoms with Gasteiger partial charge in [0.15, 0.2) is 0 Å². The smallest absolute Gasteiger partial charge is 0.303 e. The lowest BCUT2D eigenvalue weighted by Gasteiger charge is -2.13. The van der Waals surface area contributed by atoms with E-state index in [1.165, 1.54) is 17.3 Å². The van der Waals surface area contributed by atoms with Gasteiger partial charge in [0, 0.05) is 24.9 Å². The van der Waals surface area contributed by atoms with Gasteiger partial charge in [-0.25, -0.2) is 4.98 Å². The van der Waals surface area contributed by atoms with Crippen LogP contribution < -0.4 is 4.74 Å². The fraction of sp³-hybridized carbons (Fsp3) is 0.304. The molecule has 0 aliphatic carbocycles. The summed E-state index contributed by atoms with van der Waals surface area (Å²) in [5, 5.41) is 8.71. The topological polar surface area (TPSA) is 79.7 Å². The molecular weight excluding hydrogens is 432 g/mol. The minimum Gasteiger partial charge on any atom is -0.493 e. The summed E-state index contributed by atoms with van der Waals surface area (Å²) in [5.74, 6) is 0.0261. The summed E-state index contributed by atoms with van der Waals surface area (Å²) in [5.41, 5.74) is 3.76. The van der Waals surface area contributed by atoms with Crippen LogP contribution in [0, 0.1) is 0 Å². The summed E-state index contributed by atoms with van der Waals surface area (Å²) < 4.78 is 6.10. The van der Waals surface area contributed by atoms with Gasteiger partial charge >= 0.3 is 5.97 Å². The van der Waals surface area contributed by atoms with Crippen LogP contribution in [0.3, 0.4) is 0 Å². The average molecular weight is 455 g/mol. The molecule has 1 aromatic carbocycles. The number of hydrogen-bond donors (Lipinski definition) is 1. The predicted octanol–water partition coefficient (Wildman–Crippen LogP) is 4.53. The van der Waals surface area contributed by atoms with Crippen LogP contribution in [0.4, 0.5) is 0 Å². The van der Waals surface area contributed by atoms with Gasteiger partial charge in [0.05, 0.1) is 22.9 Å². The molecule has 6 nitrogen and oxygen atoms in total. The second-order valence-corrected chi connectivity index (χ2v) is 9.08. The third-order valence-corrected chi connectivity index (χ3v) is 6.56. The molecular formula is C23H22N2O4S2. The Morgan fingerprint density at radius 2 is 2.13 bits per heavy atom. The molecule has 3 heterocycles. The van der Waals surface area contributed by atoms with Crippen molar-refractivity contribution in [2.24, 2.45) is 0 Å². The van der Waals surface area contributed by atoms with Crippen LogP contribution in [0.25, 0.3) is 17.3 Å². The Morgan fingerprint density at radius 3 is 2.97 bits per heavy atom. The zero-order valence-corrected chi connectivity index (χ0v) is 18.5. The van der Waals surface area contributed by atoms with Gasteiger partial charge in [-0.05, 0) is 54.8 Å². The van der Waals surface area contributed by atoms with Crippen LogP contribution in [-0.4, -0.2) is 44.3 Å². The number of ether oxygens (including phenoxy) is 1. The summed E-state index contributed by atoms with van der Waals surface area (Å²) in [7, 11) is 0. The molecule has 4 rings (SSSR count). The zero-order valence-electron chi connectivity index (χ0n) is 16.9. The van der Waals surface area contributed by atoms with Crippen molar-refractivity contribution >= 4 is 46.3 Å². The molecule has 0 saturated carbocycles. The van der Waals surface area contributed by atoms with E-state index in [9.17, 15) is 9.59 Å². The van der Waals surface area contributed by atoms with Crippen LogP contribution in [0.2, 0.25) is 0 Å². The van der Waals surface area contributed by atoms with E-state index < -0.39 is 5.97 Å². The van der Waals surface area contributed by atoms with Gasteiger partial charge in [-0.1, -0.05) is 36.5 Å². The maximum atomic E-state index is 12.8. The number of fused-ring (bicyclic) bond motifs is 1. The summed E-state index contributed by atoms with van der Waals surface area (Å²) >= 11 is 6.66. The highest BCUT2D eigenvalue weighted by Crippen LogP contribution is 2.33. The molecule has 1 amide bonds. The van der Waals surface area contributed by atoms with Crippen molar-refractivity contribution in [2.45, 2.75) is 32.1 Å². The number of pyridine rings is 1. The molecule has 0 atom stereocenters. The number of carboxylic acids is 1. The summed E-state index contributed by atoms with van der Waals surface area (Å²) in [4.78, 5) is 30.3. The Bertz CT molecular complexity index is 1070. The molecule has 2 aliphatic heterocycles. The maximum absolute atomic E-state index is 12.8. The van der Waals surface area contributed by atoms with E-state index in [1.807, 2.05) is 30.3 Å². The number of amides is 1. The minimum absolute atomic E-state index is 0.116. The van der Waals surface area contributed by atoms with E-state index in [0.717, 1.165) is 36.3 Å². The molecule has 2 aliphatic rings. The van der Waals surface area contributed by atoms with Crippen molar-refractivity contribution in [3.05, 3.63) is 52.6 Å². The quantitative estimate of drug-likeness (QED) is 0.357. The summed E-state index contributed by atoms with van der Waals surface area (Å²) in [6, 6.07) is 11.8. The molecule has 8 heteroatoms. The van der Waals surface area contributed by atoms with Gasteiger partial charge in [-0.2, -0.15) is 0 Å². The Labute approximate surface area is 190 Å². The molecule has 1 aromatic heterocycles. The fourth-order valence-corrected chi connectivity index (χ4v) is 4.88. The average Bonchev–Trinajstić information content (AvgIpc) is 3.32. The maximum Gasteiger partial charge on any atom is 0.303 e. The van der Waals surface area contributed by atoms with Crippen LogP contribution in [0.1, 0.15) is 36.9 Å². The Morgan fingerprint density at radius 1 is 1.26 bits per heavy atom. The van der Waals surface area contributed by atoms with Gasteiger partial charge in [0.25, 0.3) is 5.91 Å². The van der Waals surface area contributed by atoms with E-state index >= 15 is 0 Å². The van der Waals surface area contributed by atoms with Crippen molar-refractivity contribution in [1.29, 1.82) is 0 Å². The first-order valence-corrected chi connectivity index (χ1v) is 11.4. The molecule has 2 aromatic rings. The Hall–Kier alpha value is -2.71. The van der Waals surface area contributed by atoms with E-state index in [1.54, 1.807) is 11.0 Å². The Balaban J connectivity index is 1.44. The molecule has 160 valence electrons. The van der Waals surface area contributed by atoms with Gasteiger partial charge in [0.2, 0.25) is 0 Å². The largest absolute Gasteiger partial charge is 0.493 e. The number of rotatable bonds is 8. The number of nitrogens with zero attached hydrogens (tertiary/aromatic N) is 2. The molecule has 31 heavy (non-hydrogen) atoms. The second kappa shape index (κ2) is 9.62. The van der Waals surface area contributed by atoms with Crippen LogP contribution in [0.15, 0.2) is 41.3 Å². The fourth-order valence-electron chi connectivity index (χ4n) is 3.59. The van der Waals surface area contributed by atoms with Crippen LogP contribution in [0.5, 0.6) is 5.75 Å². The lowest BCUT2D eigenvalue weighted by Crippen LogP contribution is -2.29. The first-order valence-electron chi connectivity index (χ1n) is 10.2. The van der Waals surface area contributed by atoms with E-state index in [-0.39, 0.29) is 12.3 Å². The molecule has 1 saturated heterocycles. The number of carbonyl (C=O) groups is 2. The number of benzene rings is 1. The van der Waals surface area contributed by atoms with Gasteiger partial charge < -0.3 is 9.84 Å².